The maximum Gasteiger partial charge on any atom is 0.217 e. The van der Waals surface area contributed by atoms with Gasteiger partial charge in [-0.25, -0.2) is 4.39 Å². The van der Waals surface area contributed by atoms with E-state index >= 15 is 0 Å². The van der Waals surface area contributed by atoms with E-state index in [-0.39, 0.29) is 5.82 Å². The van der Waals surface area contributed by atoms with Crippen LogP contribution in [0.1, 0.15) is 42.0 Å². The number of hydrogen-bond acceptors (Lipinski definition) is 1. The molecule has 0 aliphatic carbocycles. The molecule has 0 radical (unpaired) electrons. The van der Waals surface area contributed by atoms with E-state index in [2.05, 4.69) is 89.3 Å². The van der Waals surface area contributed by atoms with Crippen LogP contribution in [0.25, 0.3) is 44.1 Å². The Hall–Kier alpha value is -2.98. The summed E-state index contributed by atoms with van der Waals surface area (Å²) in [7, 11) is 0.684. The smallest absolute Gasteiger partial charge is 0.217 e. The summed E-state index contributed by atoms with van der Waals surface area (Å²) < 4.78 is 23.2. The van der Waals surface area contributed by atoms with Crippen LogP contribution in [-0.4, -0.2) is 8.07 Å². The average molecular weight is 485 g/mol. The van der Waals surface area contributed by atoms with Gasteiger partial charge in [-0.2, -0.15) is 4.57 Å². The van der Waals surface area contributed by atoms with Crippen molar-refractivity contribution in [2.75, 3.05) is 0 Å². The van der Waals surface area contributed by atoms with Crippen molar-refractivity contribution >= 4 is 46.1 Å². The predicted molar refractivity (Wildman–Crippen MR) is 149 cm³/mol. The summed E-state index contributed by atoms with van der Waals surface area (Å²) in [5.41, 5.74) is 9.26. The number of furan rings is 1. The highest BCUT2D eigenvalue weighted by molar-refractivity contribution is 6.88. The van der Waals surface area contributed by atoms with Crippen LogP contribution in [-0.2, 0) is 7.05 Å². The van der Waals surface area contributed by atoms with Gasteiger partial charge < -0.3 is 4.42 Å². The lowest BCUT2D eigenvalue weighted by Gasteiger charge is -2.19. The van der Waals surface area contributed by atoms with Gasteiger partial charge in [-0.15, -0.1) is 0 Å². The van der Waals surface area contributed by atoms with Gasteiger partial charge in [-0.3, -0.25) is 0 Å². The van der Waals surface area contributed by atoms with Crippen molar-refractivity contribution in [3.63, 3.8) is 0 Å². The molecule has 0 atom stereocenters. The molecule has 0 amide bonds. The van der Waals surface area contributed by atoms with Crippen LogP contribution in [0.2, 0.25) is 19.6 Å². The van der Waals surface area contributed by atoms with Gasteiger partial charge in [0.25, 0.3) is 0 Å². The van der Waals surface area contributed by atoms with Gasteiger partial charge in [0, 0.05) is 33.9 Å². The Balaban J connectivity index is 1.95. The molecular weight excluding hydrogens is 449 g/mol. The van der Waals surface area contributed by atoms with Gasteiger partial charge in [0.1, 0.15) is 24.0 Å². The number of benzene rings is 3. The van der Waals surface area contributed by atoms with E-state index in [4.69, 9.17) is 4.42 Å². The van der Waals surface area contributed by atoms with E-state index in [9.17, 15) is 4.39 Å². The van der Waals surface area contributed by atoms with Crippen LogP contribution >= 0.6 is 0 Å². The number of pyridine rings is 1. The average Bonchev–Trinajstić information content (AvgIpc) is 3.15. The lowest BCUT2D eigenvalue weighted by Crippen LogP contribution is -2.40. The van der Waals surface area contributed by atoms with Crippen LogP contribution in [0.5, 0.6) is 0 Å². The summed E-state index contributed by atoms with van der Waals surface area (Å²) in [6.45, 7) is 17.8. The fraction of sp³-hybridized carbons (Fsp3) is 0.323. The van der Waals surface area contributed by atoms with Gasteiger partial charge in [-0.05, 0) is 67.6 Å². The minimum absolute atomic E-state index is 0.233. The first-order valence-electron chi connectivity index (χ1n) is 12.5. The standard InChI is InChI=1S/C31H35FNOSi/c1-17(2)24-16-28(33(6)27-15-21(35(7,8)9)10-11-22(24)27)29-19(4)18(3)14-25-23-12-13-26(32)20(5)30(23)34-31(25)29/h10-17H,1-9H3/q+1. The number of fused-ring (bicyclic) bond motifs is 4. The molecule has 5 rings (SSSR count). The third kappa shape index (κ3) is 3.61. The first-order chi connectivity index (χ1) is 16.4. The molecular formula is C31H35FNOSi+. The largest absolute Gasteiger partial charge is 0.455 e. The molecule has 2 aromatic heterocycles. The third-order valence-corrected chi connectivity index (χ3v) is 9.74. The molecule has 2 heterocycles. The highest BCUT2D eigenvalue weighted by Gasteiger charge is 2.28. The van der Waals surface area contributed by atoms with Crippen molar-refractivity contribution in [1.82, 2.24) is 0 Å². The Morgan fingerprint density at radius 2 is 1.51 bits per heavy atom. The maximum absolute atomic E-state index is 14.4. The van der Waals surface area contributed by atoms with Crippen molar-refractivity contribution in [2.24, 2.45) is 7.05 Å². The Labute approximate surface area is 208 Å². The molecule has 0 aliphatic rings. The summed E-state index contributed by atoms with van der Waals surface area (Å²) in [5, 5.41) is 4.77. The zero-order valence-electron chi connectivity index (χ0n) is 22.4. The quantitative estimate of drug-likeness (QED) is 0.187. The Morgan fingerprint density at radius 3 is 2.17 bits per heavy atom. The van der Waals surface area contributed by atoms with E-state index < -0.39 is 8.07 Å². The second kappa shape index (κ2) is 8.02. The number of hydrogen-bond donors (Lipinski definition) is 0. The molecule has 2 nitrogen and oxygen atoms in total. The number of rotatable bonds is 3. The van der Waals surface area contributed by atoms with Gasteiger partial charge >= 0.3 is 0 Å². The number of aromatic nitrogens is 1. The normalized spacial score (nSPS) is 12.5. The second-order valence-corrected chi connectivity index (χ2v) is 16.5. The van der Waals surface area contributed by atoms with Crippen LogP contribution in [0.3, 0.4) is 0 Å². The summed E-state index contributed by atoms with van der Waals surface area (Å²) in [6.07, 6.45) is 0. The lowest BCUT2D eigenvalue weighted by molar-refractivity contribution is -0.633. The van der Waals surface area contributed by atoms with Crippen molar-refractivity contribution < 1.29 is 13.4 Å². The number of halogens is 1. The molecule has 0 unspecified atom stereocenters. The second-order valence-electron chi connectivity index (χ2n) is 11.4. The first kappa shape index (κ1) is 23.7. The number of aryl methyl sites for hydroxylation is 3. The molecule has 35 heavy (non-hydrogen) atoms. The lowest BCUT2D eigenvalue weighted by atomic mass is 9.92. The summed E-state index contributed by atoms with van der Waals surface area (Å²) in [4.78, 5) is 0. The Morgan fingerprint density at radius 1 is 0.829 bits per heavy atom. The van der Waals surface area contributed by atoms with Crippen LogP contribution in [0.15, 0.2) is 46.9 Å². The van der Waals surface area contributed by atoms with E-state index in [1.807, 2.05) is 6.07 Å². The van der Waals surface area contributed by atoms with E-state index in [1.165, 1.54) is 32.8 Å². The monoisotopic (exact) mass is 484 g/mol. The van der Waals surface area contributed by atoms with Crippen LogP contribution in [0.4, 0.5) is 4.39 Å². The fourth-order valence-corrected chi connectivity index (χ4v) is 6.46. The zero-order valence-corrected chi connectivity index (χ0v) is 23.4. The SMILES string of the molecule is Cc1cc2c(oc3c(C)c(F)ccc32)c(-c2cc(C(C)C)c3ccc([Si](C)(C)C)cc3[n+]2C)c1C. The van der Waals surface area contributed by atoms with Crippen molar-refractivity contribution in [1.29, 1.82) is 0 Å². The zero-order chi connectivity index (χ0) is 25.4. The molecule has 0 N–H and O–H groups in total. The molecule has 0 fully saturated rings. The summed E-state index contributed by atoms with van der Waals surface area (Å²) >= 11 is 0. The summed E-state index contributed by atoms with van der Waals surface area (Å²) in [6, 6.07) is 15.0. The predicted octanol–water partition coefficient (Wildman–Crippen LogP) is 7.96. The van der Waals surface area contributed by atoms with E-state index in [1.54, 1.807) is 13.0 Å². The highest BCUT2D eigenvalue weighted by Crippen LogP contribution is 2.41. The molecule has 5 aromatic rings. The maximum atomic E-state index is 14.4. The Bertz CT molecular complexity index is 1650. The molecule has 4 heteroatoms. The van der Waals surface area contributed by atoms with Crippen LogP contribution in [0, 0.1) is 26.6 Å². The van der Waals surface area contributed by atoms with Crippen LogP contribution < -0.4 is 9.75 Å². The molecule has 0 bridgehead atoms. The van der Waals surface area contributed by atoms with Crippen molar-refractivity contribution in [3.8, 4) is 11.3 Å². The molecule has 0 saturated heterocycles. The minimum atomic E-state index is -1.48. The van der Waals surface area contributed by atoms with E-state index in [0.29, 0.717) is 17.1 Å². The van der Waals surface area contributed by atoms with Crippen molar-refractivity contribution in [2.45, 2.75) is 60.2 Å². The summed E-state index contributed by atoms with van der Waals surface area (Å²) in [5.74, 6) is 0.145. The van der Waals surface area contributed by atoms with Gasteiger partial charge in [0.2, 0.25) is 11.2 Å². The van der Waals surface area contributed by atoms with Gasteiger partial charge in [0.15, 0.2) is 0 Å². The molecule has 3 aromatic carbocycles. The Kier molecular flexibility index (Phi) is 5.44. The molecule has 180 valence electrons. The van der Waals surface area contributed by atoms with Crippen molar-refractivity contribution in [3.05, 3.63) is 70.5 Å². The first-order valence-corrected chi connectivity index (χ1v) is 16.0. The molecule has 0 spiro atoms. The minimum Gasteiger partial charge on any atom is -0.455 e. The number of nitrogens with zero attached hydrogens (tertiary/aromatic N) is 1. The third-order valence-electron chi connectivity index (χ3n) is 7.70. The van der Waals surface area contributed by atoms with Gasteiger partial charge in [0.05, 0.1) is 13.6 Å². The highest BCUT2D eigenvalue weighted by atomic mass is 28.3. The fourth-order valence-electron chi connectivity index (χ4n) is 5.31. The van der Waals surface area contributed by atoms with Gasteiger partial charge in [-0.1, -0.05) is 44.7 Å². The molecule has 0 aliphatic heterocycles. The molecule has 0 saturated carbocycles. The van der Waals surface area contributed by atoms with E-state index in [0.717, 1.165) is 27.6 Å². The topological polar surface area (TPSA) is 17.0 Å².